The molecule has 1 heterocycles. The molecule has 0 unspecified atom stereocenters. The molecule has 0 radical (unpaired) electrons. The molecule has 0 aromatic carbocycles. The molecule has 0 aliphatic rings. The van der Waals surface area contributed by atoms with Crippen LogP contribution in [0.25, 0.3) is 0 Å². The molecule has 15 heavy (non-hydrogen) atoms. The van der Waals surface area contributed by atoms with E-state index in [2.05, 4.69) is 4.98 Å². The van der Waals surface area contributed by atoms with Gasteiger partial charge in [-0.25, -0.2) is 9.78 Å². The van der Waals surface area contributed by atoms with E-state index in [9.17, 15) is 31.1 Å². The minimum absolute atomic E-state index is 0.151. The molecule has 0 amide bonds. The van der Waals surface area contributed by atoms with Gasteiger partial charge in [-0.2, -0.15) is 26.3 Å². The summed E-state index contributed by atoms with van der Waals surface area (Å²) < 4.78 is 72.3. The molecule has 0 bridgehead atoms. The first kappa shape index (κ1) is 11.5. The van der Waals surface area contributed by atoms with Crippen molar-refractivity contribution in [1.82, 2.24) is 9.97 Å². The molecular weight excluding hydrogens is 230 g/mol. The van der Waals surface area contributed by atoms with Gasteiger partial charge in [0, 0.05) is 6.20 Å². The van der Waals surface area contributed by atoms with Crippen LogP contribution in [0.15, 0.2) is 11.0 Å². The fourth-order valence-corrected chi connectivity index (χ4v) is 0.833. The Morgan fingerprint density at radius 1 is 1.07 bits per heavy atom. The van der Waals surface area contributed by atoms with Crippen LogP contribution in [0.4, 0.5) is 26.3 Å². The van der Waals surface area contributed by atoms with Crippen LogP contribution in [-0.2, 0) is 12.4 Å². The van der Waals surface area contributed by atoms with E-state index < -0.39 is 29.3 Å². The van der Waals surface area contributed by atoms with Crippen molar-refractivity contribution in [3.05, 3.63) is 27.9 Å². The summed E-state index contributed by atoms with van der Waals surface area (Å²) in [4.78, 5) is 14.0. The van der Waals surface area contributed by atoms with Crippen LogP contribution in [0.3, 0.4) is 0 Å². The van der Waals surface area contributed by atoms with Crippen LogP contribution in [0.2, 0.25) is 0 Å². The maximum atomic E-state index is 12.1. The second kappa shape index (κ2) is 3.24. The summed E-state index contributed by atoms with van der Waals surface area (Å²) in [5.74, 6) is 0. The Morgan fingerprint density at radius 3 is 2.00 bits per heavy atom. The maximum absolute atomic E-state index is 12.1. The molecule has 0 aliphatic heterocycles. The Kier molecular flexibility index (Phi) is 2.49. The average molecular weight is 232 g/mol. The van der Waals surface area contributed by atoms with Gasteiger partial charge in [0.25, 0.3) is 0 Å². The topological polar surface area (TPSA) is 45.8 Å². The molecule has 84 valence electrons. The Labute approximate surface area is 77.8 Å². The van der Waals surface area contributed by atoms with Gasteiger partial charge in [0.2, 0.25) is 0 Å². The smallest absolute Gasteiger partial charge is 0.301 e. The Morgan fingerprint density at radius 2 is 1.60 bits per heavy atom. The highest BCUT2D eigenvalue weighted by Crippen LogP contribution is 2.37. The van der Waals surface area contributed by atoms with Crippen molar-refractivity contribution in [3.8, 4) is 0 Å². The molecule has 0 spiro atoms. The van der Waals surface area contributed by atoms with Gasteiger partial charge in [0.1, 0.15) is 11.3 Å². The van der Waals surface area contributed by atoms with Crippen molar-refractivity contribution in [2.45, 2.75) is 12.4 Å². The lowest BCUT2D eigenvalue weighted by atomic mass is 10.2. The predicted molar refractivity (Wildman–Crippen MR) is 34.9 cm³/mol. The van der Waals surface area contributed by atoms with E-state index in [-0.39, 0.29) is 6.20 Å². The van der Waals surface area contributed by atoms with E-state index in [1.165, 1.54) is 0 Å². The van der Waals surface area contributed by atoms with Gasteiger partial charge in [0.05, 0.1) is 0 Å². The van der Waals surface area contributed by atoms with Gasteiger partial charge in [-0.05, 0) is 0 Å². The monoisotopic (exact) mass is 232 g/mol. The highest BCUT2D eigenvalue weighted by atomic mass is 19.4. The molecule has 0 atom stereocenters. The molecule has 0 saturated heterocycles. The van der Waals surface area contributed by atoms with Gasteiger partial charge >= 0.3 is 18.0 Å². The summed E-state index contributed by atoms with van der Waals surface area (Å²) in [6, 6.07) is 0. The first-order chi connectivity index (χ1) is 6.62. The number of aromatic amines is 1. The van der Waals surface area contributed by atoms with Crippen molar-refractivity contribution in [3.63, 3.8) is 0 Å². The van der Waals surface area contributed by atoms with Gasteiger partial charge in [0.15, 0.2) is 0 Å². The molecule has 1 N–H and O–H groups in total. The summed E-state index contributed by atoms with van der Waals surface area (Å²) in [6.45, 7) is 0. The molecule has 0 aliphatic carbocycles. The number of hydrogen-bond acceptors (Lipinski definition) is 2. The SMILES string of the molecule is O=c1ncc(C(F)(F)F)c(C(F)(F)F)[nH]1. The lowest BCUT2D eigenvalue weighted by Crippen LogP contribution is -2.25. The van der Waals surface area contributed by atoms with Gasteiger partial charge < -0.3 is 4.98 Å². The zero-order valence-corrected chi connectivity index (χ0v) is 6.70. The third kappa shape index (κ3) is 2.48. The Hall–Kier alpha value is -1.54. The molecule has 0 saturated carbocycles. The summed E-state index contributed by atoms with van der Waals surface area (Å²) in [7, 11) is 0. The average Bonchev–Trinajstić information content (AvgIpc) is 2.00. The molecule has 0 fully saturated rings. The summed E-state index contributed by atoms with van der Waals surface area (Å²) in [5, 5.41) is 0. The standard InChI is InChI=1S/C6H2F6N2O/c7-5(8,9)2-1-13-4(15)14-3(2)6(10,11)12/h1H,(H,13,14,15). The third-order valence-corrected chi connectivity index (χ3v) is 1.40. The van der Waals surface area contributed by atoms with Crippen molar-refractivity contribution in [2.24, 2.45) is 0 Å². The molecular formula is C6H2F6N2O. The number of hydrogen-bond donors (Lipinski definition) is 1. The largest absolute Gasteiger partial charge is 0.432 e. The number of H-pyrrole nitrogens is 1. The van der Waals surface area contributed by atoms with Crippen molar-refractivity contribution < 1.29 is 26.3 Å². The molecule has 1 aromatic heterocycles. The fourth-order valence-electron chi connectivity index (χ4n) is 0.833. The van der Waals surface area contributed by atoms with E-state index in [4.69, 9.17) is 0 Å². The van der Waals surface area contributed by atoms with E-state index in [1.54, 1.807) is 0 Å². The molecule has 9 heteroatoms. The van der Waals surface area contributed by atoms with Crippen molar-refractivity contribution in [1.29, 1.82) is 0 Å². The Balaban J connectivity index is 3.48. The summed E-state index contributed by atoms with van der Waals surface area (Å²) >= 11 is 0. The first-order valence-corrected chi connectivity index (χ1v) is 3.36. The van der Waals surface area contributed by atoms with E-state index in [0.717, 1.165) is 4.98 Å². The van der Waals surface area contributed by atoms with Crippen molar-refractivity contribution in [2.75, 3.05) is 0 Å². The van der Waals surface area contributed by atoms with Crippen LogP contribution in [0.1, 0.15) is 11.3 Å². The predicted octanol–water partition coefficient (Wildman–Crippen LogP) is 1.81. The lowest BCUT2D eigenvalue weighted by Gasteiger charge is -2.13. The van der Waals surface area contributed by atoms with E-state index in [1.807, 2.05) is 0 Å². The minimum atomic E-state index is -5.28. The molecule has 1 rings (SSSR count). The summed E-state index contributed by atoms with van der Waals surface area (Å²) in [6.07, 6.45) is -10.7. The maximum Gasteiger partial charge on any atom is 0.432 e. The number of rotatable bonds is 0. The lowest BCUT2D eigenvalue weighted by molar-refractivity contribution is -0.165. The highest BCUT2D eigenvalue weighted by Gasteiger charge is 2.44. The van der Waals surface area contributed by atoms with E-state index >= 15 is 0 Å². The van der Waals surface area contributed by atoms with Crippen LogP contribution in [0.5, 0.6) is 0 Å². The fraction of sp³-hybridized carbons (Fsp3) is 0.333. The molecule has 3 nitrogen and oxygen atoms in total. The van der Waals surface area contributed by atoms with Crippen LogP contribution in [0, 0.1) is 0 Å². The normalized spacial score (nSPS) is 12.9. The van der Waals surface area contributed by atoms with Gasteiger partial charge in [-0.1, -0.05) is 0 Å². The third-order valence-electron chi connectivity index (χ3n) is 1.40. The van der Waals surface area contributed by atoms with Gasteiger partial charge in [-0.15, -0.1) is 0 Å². The number of nitrogens with zero attached hydrogens (tertiary/aromatic N) is 1. The minimum Gasteiger partial charge on any atom is -0.301 e. The second-order valence-corrected chi connectivity index (χ2v) is 2.47. The van der Waals surface area contributed by atoms with E-state index in [0.29, 0.717) is 0 Å². The molecule has 1 aromatic rings. The van der Waals surface area contributed by atoms with Crippen LogP contribution < -0.4 is 5.69 Å². The quantitative estimate of drug-likeness (QED) is 0.693. The summed E-state index contributed by atoms with van der Waals surface area (Å²) in [5.41, 5.74) is -5.65. The van der Waals surface area contributed by atoms with Gasteiger partial charge in [-0.3, -0.25) is 0 Å². The highest BCUT2D eigenvalue weighted by molar-refractivity contribution is 5.22. The number of halogens is 6. The van der Waals surface area contributed by atoms with Crippen LogP contribution in [-0.4, -0.2) is 9.97 Å². The Bertz CT molecular complexity index is 417. The van der Waals surface area contributed by atoms with Crippen molar-refractivity contribution >= 4 is 0 Å². The number of aromatic nitrogens is 2. The first-order valence-electron chi connectivity index (χ1n) is 3.36. The number of alkyl halides is 6. The number of nitrogens with one attached hydrogen (secondary N) is 1. The van der Waals surface area contributed by atoms with Crippen LogP contribution >= 0.6 is 0 Å². The zero-order valence-electron chi connectivity index (χ0n) is 6.70. The zero-order chi connectivity index (χ0) is 11.9. The second-order valence-electron chi connectivity index (χ2n) is 2.47.